The van der Waals surface area contributed by atoms with Crippen LogP contribution in [0.15, 0.2) is 25.3 Å². The smallest absolute Gasteiger partial charge is 0.0576 e. The average molecular weight is 180 g/mol. The molecule has 74 valence electrons. The number of hydrogen-bond donors (Lipinski definition) is 1. The molecule has 0 heterocycles. The number of hydrogen-bond acceptors (Lipinski definition) is 1. The standard InChI is InChI=1S/C12H20O/c1-5-10-7-8-11(6-2)12(10,4)9(3)13/h5-6,9-11,13H,1-2,7-8H2,3-4H3/t9-,10-,11+,12?/m0/s1. The number of allylic oxidation sites excluding steroid dienone is 2. The zero-order valence-corrected chi connectivity index (χ0v) is 8.66. The summed E-state index contributed by atoms with van der Waals surface area (Å²) in [5.74, 6) is 0.853. The fourth-order valence-electron chi connectivity index (χ4n) is 2.62. The van der Waals surface area contributed by atoms with E-state index in [1.807, 2.05) is 19.1 Å². The van der Waals surface area contributed by atoms with Crippen LogP contribution in [-0.2, 0) is 0 Å². The Hall–Kier alpha value is -0.560. The van der Waals surface area contributed by atoms with Crippen LogP contribution in [0.2, 0.25) is 0 Å². The van der Waals surface area contributed by atoms with E-state index in [1.54, 1.807) is 0 Å². The zero-order chi connectivity index (χ0) is 10.1. The van der Waals surface area contributed by atoms with Crippen molar-refractivity contribution in [2.45, 2.75) is 32.8 Å². The van der Waals surface area contributed by atoms with E-state index >= 15 is 0 Å². The lowest BCUT2D eigenvalue weighted by Crippen LogP contribution is -2.37. The molecule has 0 saturated heterocycles. The Morgan fingerprint density at radius 1 is 1.31 bits per heavy atom. The molecule has 4 atom stereocenters. The van der Waals surface area contributed by atoms with Crippen LogP contribution in [0.1, 0.15) is 26.7 Å². The van der Waals surface area contributed by atoms with E-state index in [0.717, 1.165) is 12.8 Å². The molecule has 1 aliphatic carbocycles. The van der Waals surface area contributed by atoms with Gasteiger partial charge in [-0.2, -0.15) is 0 Å². The lowest BCUT2D eigenvalue weighted by Gasteiger charge is -2.37. The summed E-state index contributed by atoms with van der Waals surface area (Å²) in [4.78, 5) is 0. The lowest BCUT2D eigenvalue weighted by atomic mass is 9.70. The molecule has 0 aliphatic heterocycles. The van der Waals surface area contributed by atoms with Crippen molar-refractivity contribution >= 4 is 0 Å². The van der Waals surface area contributed by atoms with Crippen LogP contribution in [0.25, 0.3) is 0 Å². The summed E-state index contributed by atoms with van der Waals surface area (Å²) in [5.41, 5.74) is -0.0521. The van der Waals surface area contributed by atoms with Crippen LogP contribution in [0.4, 0.5) is 0 Å². The Morgan fingerprint density at radius 2 is 1.69 bits per heavy atom. The van der Waals surface area contributed by atoms with Crippen LogP contribution in [-0.4, -0.2) is 11.2 Å². The van der Waals surface area contributed by atoms with Crippen LogP contribution in [0.3, 0.4) is 0 Å². The predicted octanol–water partition coefficient (Wildman–Crippen LogP) is 2.77. The van der Waals surface area contributed by atoms with E-state index in [2.05, 4.69) is 20.1 Å². The molecule has 0 aromatic carbocycles. The van der Waals surface area contributed by atoms with Gasteiger partial charge in [-0.25, -0.2) is 0 Å². The molecule has 1 heteroatoms. The highest BCUT2D eigenvalue weighted by Gasteiger charge is 2.46. The van der Waals surface area contributed by atoms with Crippen LogP contribution in [0.5, 0.6) is 0 Å². The van der Waals surface area contributed by atoms with E-state index in [1.165, 1.54) is 0 Å². The van der Waals surface area contributed by atoms with E-state index in [-0.39, 0.29) is 11.5 Å². The summed E-state index contributed by atoms with van der Waals surface area (Å²) in [6, 6.07) is 0. The third-order valence-electron chi connectivity index (χ3n) is 3.86. The molecular formula is C12H20O. The molecule has 1 saturated carbocycles. The number of aliphatic hydroxyl groups excluding tert-OH is 1. The molecule has 0 spiro atoms. The Bertz CT molecular complexity index is 189. The first kappa shape index (κ1) is 10.5. The monoisotopic (exact) mass is 180 g/mol. The first-order valence-electron chi connectivity index (χ1n) is 5.00. The van der Waals surface area contributed by atoms with Gasteiger partial charge in [-0.3, -0.25) is 0 Å². The summed E-state index contributed by atoms with van der Waals surface area (Å²) in [6.45, 7) is 11.7. The molecule has 1 unspecified atom stereocenters. The van der Waals surface area contributed by atoms with Crippen molar-refractivity contribution in [3.05, 3.63) is 25.3 Å². The van der Waals surface area contributed by atoms with Gasteiger partial charge in [0.15, 0.2) is 0 Å². The van der Waals surface area contributed by atoms with Gasteiger partial charge in [-0.1, -0.05) is 19.1 Å². The first-order valence-corrected chi connectivity index (χ1v) is 5.00. The molecule has 1 rings (SSSR count). The average Bonchev–Trinajstić information content (AvgIpc) is 2.43. The first-order chi connectivity index (χ1) is 6.07. The minimum Gasteiger partial charge on any atom is -0.393 e. The van der Waals surface area contributed by atoms with Crippen molar-refractivity contribution in [1.82, 2.24) is 0 Å². The molecule has 13 heavy (non-hydrogen) atoms. The Kier molecular flexibility index (Phi) is 2.97. The minimum atomic E-state index is -0.291. The molecule has 1 nitrogen and oxygen atoms in total. The maximum atomic E-state index is 9.82. The lowest BCUT2D eigenvalue weighted by molar-refractivity contribution is 0.0154. The molecule has 1 aliphatic rings. The third-order valence-corrected chi connectivity index (χ3v) is 3.86. The molecule has 0 bridgehead atoms. The van der Waals surface area contributed by atoms with Crippen molar-refractivity contribution in [3.8, 4) is 0 Å². The van der Waals surface area contributed by atoms with Crippen molar-refractivity contribution in [1.29, 1.82) is 0 Å². The third kappa shape index (κ3) is 1.46. The van der Waals surface area contributed by atoms with E-state index in [4.69, 9.17) is 0 Å². The predicted molar refractivity (Wildman–Crippen MR) is 56.4 cm³/mol. The fraction of sp³-hybridized carbons (Fsp3) is 0.667. The summed E-state index contributed by atoms with van der Waals surface area (Å²) in [5, 5.41) is 9.82. The Labute approximate surface area is 81.2 Å². The van der Waals surface area contributed by atoms with Crippen molar-refractivity contribution in [3.63, 3.8) is 0 Å². The number of rotatable bonds is 3. The van der Waals surface area contributed by atoms with Gasteiger partial charge < -0.3 is 5.11 Å². The molecule has 0 radical (unpaired) electrons. The van der Waals surface area contributed by atoms with Gasteiger partial charge in [0.2, 0.25) is 0 Å². The largest absolute Gasteiger partial charge is 0.393 e. The summed E-state index contributed by atoms with van der Waals surface area (Å²) < 4.78 is 0. The van der Waals surface area contributed by atoms with Crippen molar-refractivity contribution in [2.24, 2.45) is 17.3 Å². The normalized spacial score (nSPS) is 41.5. The molecule has 0 aromatic rings. The molecule has 1 fully saturated rings. The Balaban J connectivity index is 2.96. The molecule has 0 aromatic heterocycles. The highest BCUT2D eigenvalue weighted by molar-refractivity contribution is 5.08. The van der Waals surface area contributed by atoms with Gasteiger partial charge in [-0.05, 0) is 31.6 Å². The van der Waals surface area contributed by atoms with Gasteiger partial charge in [0.1, 0.15) is 0 Å². The second kappa shape index (κ2) is 3.67. The van der Waals surface area contributed by atoms with Gasteiger partial charge in [0, 0.05) is 5.41 Å². The number of aliphatic hydroxyl groups is 1. The molecular weight excluding hydrogens is 160 g/mol. The van der Waals surface area contributed by atoms with E-state index in [0.29, 0.717) is 11.8 Å². The van der Waals surface area contributed by atoms with Gasteiger partial charge >= 0.3 is 0 Å². The van der Waals surface area contributed by atoms with Crippen LogP contribution >= 0.6 is 0 Å². The van der Waals surface area contributed by atoms with Crippen LogP contribution in [0, 0.1) is 17.3 Å². The molecule has 1 N–H and O–H groups in total. The maximum absolute atomic E-state index is 9.82. The topological polar surface area (TPSA) is 20.2 Å². The second-order valence-electron chi connectivity index (χ2n) is 4.30. The highest BCUT2D eigenvalue weighted by atomic mass is 16.3. The zero-order valence-electron chi connectivity index (χ0n) is 8.66. The minimum absolute atomic E-state index is 0.0521. The SMILES string of the molecule is C=C[C@@H]1CC[C@H](C=C)C1(C)[C@H](C)O. The molecule has 0 amide bonds. The summed E-state index contributed by atoms with van der Waals surface area (Å²) in [6.07, 6.45) is 5.93. The quantitative estimate of drug-likeness (QED) is 0.662. The van der Waals surface area contributed by atoms with E-state index < -0.39 is 0 Å². The van der Waals surface area contributed by atoms with Gasteiger partial charge in [0.25, 0.3) is 0 Å². The van der Waals surface area contributed by atoms with Crippen LogP contribution < -0.4 is 0 Å². The maximum Gasteiger partial charge on any atom is 0.0576 e. The summed E-state index contributed by atoms with van der Waals surface area (Å²) >= 11 is 0. The fourth-order valence-corrected chi connectivity index (χ4v) is 2.62. The summed E-state index contributed by atoms with van der Waals surface area (Å²) in [7, 11) is 0. The van der Waals surface area contributed by atoms with Gasteiger partial charge in [0.05, 0.1) is 6.10 Å². The van der Waals surface area contributed by atoms with Crippen molar-refractivity contribution < 1.29 is 5.11 Å². The van der Waals surface area contributed by atoms with Gasteiger partial charge in [-0.15, -0.1) is 13.2 Å². The van der Waals surface area contributed by atoms with Crippen molar-refractivity contribution in [2.75, 3.05) is 0 Å². The second-order valence-corrected chi connectivity index (χ2v) is 4.30. The Morgan fingerprint density at radius 3 is 1.92 bits per heavy atom. The van der Waals surface area contributed by atoms with E-state index in [9.17, 15) is 5.11 Å². The highest BCUT2D eigenvalue weighted by Crippen LogP contribution is 2.50.